The van der Waals surface area contributed by atoms with Crippen molar-refractivity contribution in [3.05, 3.63) is 65.4 Å². The van der Waals surface area contributed by atoms with Gasteiger partial charge < -0.3 is 14.4 Å². The number of para-hydroxylation sites is 1. The number of methoxy groups -OCH3 is 1. The van der Waals surface area contributed by atoms with E-state index in [1.807, 2.05) is 48.5 Å². The number of hydrogen-bond acceptors (Lipinski definition) is 5. The van der Waals surface area contributed by atoms with Crippen molar-refractivity contribution in [1.82, 2.24) is 9.80 Å². The van der Waals surface area contributed by atoms with E-state index in [0.29, 0.717) is 29.5 Å². The zero-order valence-corrected chi connectivity index (χ0v) is 19.7. The second kappa shape index (κ2) is 10.1. The number of nitrogens with zero attached hydrogens (tertiary/aromatic N) is 2. The van der Waals surface area contributed by atoms with Crippen molar-refractivity contribution in [3.63, 3.8) is 0 Å². The van der Waals surface area contributed by atoms with Gasteiger partial charge in [-0.3, -0.25) is 14.5 Å². The molecule has 1 fully saturated rings. The maximum atomic E-state index is 13.7. The molecule has 1 unspecified atom stereocenters. The number of rotatable bonds is 8. The summed E-state index contributed by atoms with van der Waals surface area (Å²) in [5.41, 5.74) is 2.54. The molecule has 2 heterocycles. The zero-order chi connectivity index (χ0) is 23.4. The van der Waals surface area contributed by atoms with Crippen LogP contribution in [0.25, 0.3) is 5.57 Å². The second-order valence-electron chi connectivity index (χ2n) is 8.80. The number of amides is 2. The number of benzene rings is 2. The average Bonchev–Trinajstić information content (AvgIpc) is 3.08. The summed E-state index contributed by atoms with van der Waals surface area (Å²) < 4.78 is 11.2. The van der Waals surface area contributed by atoms with E-state index < -0.39 is 0 Å². The lowest BCUT2D eigenvalue weighted by atomic mass is 9.97. The Kier molecular flexibility index (Phi) is 7.02. The minimum absolute atomic E-state index is 0.176. The van der Waals surface area contributed by atoms with E-state index in [1.54, 1.807) is 7.11 Å². The van der Waals surface area contributed by atoms with E-state index in [2.05, 4.69) is 18.7 Å². The molecule has 33 heavy (non-hydrogen) atoms. The second-order valence-corrected chi connectivity index (χ2v) is 8.80. The third kappa shape index (κ3) is 4.75. The Hall–Kier alpha value is -3.28. The lowest BCUT2D eigenvalue weighted by Crippen LogP contribution is -2.39. The molecule has 2 aliphatic heterocycles. The molecule has 1 atom stereocenters. The summed E-state index contributed by atoms with van der Waals surface area (Å²) in [5.74, 6) is 1.40. The minimum atomic E-state index is -0.263. The summed E-state index contributed by atoms with van der Waals surface area (Å²) in [6, 6.07) is 15.0. The van der Waals surface area contributed by atoms with Crippen molar-refractivity contribution in [2.24, 2.45) is 5.92 Å². The lowest BCUT2D eigenvalue weighted by Gasteiger charge is -2.33. The fraction of sp³-hybridized carbons (Fsp3) is 0.407. The Morgan fingerprint density at radius 2 is 1.79 bits per heavy atom. The third-order valence-corrected chi connectivity index (χ3v) is 6.25. The van der Waals surface area contributed by atoms with Crippen LogP contribution < -0.4 is 9.47 Å². The highest BCUT2D eigenvalue weighted by atomic mass is 16.5. The number of hydrogen-bond donors (Lipinski definition) is 0. The van der Waals surface area contributed by atoms with Crippen LogP contribution in [0.4, 0.5) is 0 Å². The van der Waals surface area contributed by atoms with Crippen LogP contribution in [0, 0.1) is 5.92 Å². The van der Waals surface area contributed by atoms with Crippen LogP contribution in [0.2, 0.25) is 0 Å². The van der Waals surface area contributed by atoms with E-state index in [9.17, 15) is 9.59 Å². The molecule has 4 rings (SSSR count). The van der Waals surface area contributed by atoms with Gasteiger partial charge in [0.05, 0.1) is 25.8 Å². The van der Waals surface area contributed by atoms with E-state index in [4.69, 9.17) is 9.47 Å². The molecule has 0 aromatic heterocycles. The third-order valence-electron chi connectivity index (χ3n) is 6.25. The first-order valence-electron chi connectivity index (χ1n) is 11.7. The molecule has 0 N–H and O–H groups in total. The van der Waals surface area contributed by atoms with Gasteiger partial charge in [0.1, 0.15) is 17.2 Å². The van der Waals surface area contributed by atoms with Crippen molar-refractivity contribution in [2.75, 3.05) is 26.8 Å². The van der Waals surface area contributed by atoms with Crippen LogP contribution in [-0.4, -0.2) is 48.4 Å². The van der Waals surface area contributed by atoms with Gasteiger partial charge in [-0.25, -0.2) is 0 Å². The molecular weight excluding hydrogens is 416 g/mol. The average molecular weight is 449 g/mol. The van der Waals surface area contributed by atoms with Gasteiger partial charge in [-0.15, -0.1) is 0 Å². The maximum absolute atomic E-state index is 13.7. The Balaban J connectivity index is 1.70. The topological polar surface area (TPSA) is 59.1 Å². The standard InChI is InChI=1S/C27H32N2O4/c1-4-16-33-22-13-11-20(12-14-22)24-25(28-15-7-8-19(2)17-28)27(31)29(26(24)30)18-21-9-5-6-10-23(21)32-3/h5-6,9-14,19H,4,7-8,15-18H2,1-3H3. The predicted octanol–water partition coefficient (Wildman–Crippen LogP) is 4.50. The molecule has 0 aliphatic carbocycles. The monoisotopic (exact) mass is 448 g/mol. The van der Waals surface area contributed by atoms with Gasteiger partial charge >= 0.3 is 0 Å². The van der Waals surface area contributed by atoms with Crippen LogP contribution in [0.5, 0.6) is 11.5 Å². The largest absolute Gasteiger partial charge is 0.496 e. The molecule has 6 nitrogen and oxygen atoms in total. The molecule has 1 saturated heterocycles. The molecule has 2 aromatic rings. The molecule has 0 radical (unpaired) electrons. The highest BCUT2D eigenvalue weighted by Gasteiger charge is 2.42. The number of carbonyl (C=O) groups is 2. The van der Waals surface area contributed by atoms with Crippen LogP contribution in [-0.2, 0) is 16.1 Å². The van der Waals surface area contributed by atoms with Crippen molar-refractivity contribution in [1.29, 1.82) is 0 Å². The first-order valence-corrected chi connectivity index (χ1v) is 11.7. The molecule has 0 bridgehead atoms. The summed E-state index contributed by atoms with van der Waals surface area (Å²) >= 11 is 0. The van der Waals surface area contributed by atoms with E-state index in [1.165, 1.54) is 4.90 Å². The van der Waals surface area contributed by atoms with Crippen LogP contribution in [0.15, 0.2) is 54.2 Å². The molecule has 6 heteroatoms. The summed E-state index contributed by atoms with van der Waals surface area (Å²) in [6.45, 7) is 6.63. The molecule has 2 amide bonds. The number of imide groups is 1. The minimum Gasteiger partial charge on any atom is -0.496 e. The van der Waals surface area contributed by atoms with Gasteiger partial charge in [0.2, 0.25) is 0 Å². The van der Waals surface area contributed by atoms with E-state index >= 15 is 0 Å². The van der Waals surface area contributed by atoms with Gasteiger partial charge in [0.25, 0.3) is 11.8 Å². The number of likely N-dealkylation sites (tertiary alicyclic amines) is 1. The van der Waals surface area contributed by atoms with Gasteiger partial charge in [-0.1, -0.05) is 44.2 Å². The van der Waals surface area contributed by atoms with Crippen LogP contribution >= 0.6 is 0 Å². The van der Waals surface area contributed by atoms with Crippen LogP contribution in [0.3, 0.4) is 0 Å². The molecule has 2 aliphatic rings. The van der Waals surface area contributed by atoms with Crippen LogP contribution in [0.1, 0.15) is 44.2 Å². The summed E-state index contributed by atoms with van der Waals surface area (Å²) in [5, 5.41) is 0. The molecule has 0 spiro atoms. The predicted molar refractivity (Wildman–Crippen MR) is 128 cm³/mol. The molecule has 0 saturated carbocycles. The highest BCUT2D eigenvalue weighted by molar-refractivity contribution is 6.35. The Morgan fingerprint density at radius 1 is 1.03 bits per heavy atom. The Bertz CT molecular complexity index is 1040. The van der Waals surface area contributed by atoms with Crippen molar-refractivity contribution >= 4 is 17.4 Å². The molecular formula is C27H32N2O4. The van der Waals surface area contributed by atoms with Gasteiger partial charge in [-0.2, -0.15) is 0 Å². The fourth-order valence-electron chi connectivity index (χ4n) is 4.59. The van der Waals surface area contributed by atoms with Crippen molar-refractivity contribution in [2.45, 2.75) is 39.7 Å². The molecule has 2 aromatic carbocycles. The van der Waals surface area contributed by atoms with E-state index in [-0.39, 0.29) is 18.4 Å². The fourth-order valence-corrected chi connectivity index (χ4v) is 4.59. The summed E-state index contributed by atoms with van der Waals surface area (Å²) in [6.07, 6.45) is 3.07. The van der Waals surface area contributed by atoms with Gasteiger partial charge in [-0.05, 0) is 48.9 Å². The normalized spacial score (nSPS) is 18.8. The SMILES string of the molecule is CCCOc1ccc(C2=C(N3CCCC(C)C3)C(=O)N(Cc3ccccc3OC)C2=O)cc1. The number of ether oxygens (including phenoxy) is 2. The number of carbonyl (C=O) groups excluding carboxylic acids is 2. The van der Waals surface area contributed by atoms with E-state index in [0.717, 1.165) is 49.2 Å². The first-order chi connectivity index (χ1) is 16.0. The molecule has 174 valence electrons. The smallest absolute Gasteiger partial charge is 0.278 e. The maximum Gasteiger partial charge on any atom is 0.278 e. The Morgan fingerprint density at radius 3 is 2.48 bits per heavy atom. The number of piperidine rings is 1. The van der Waals surface area contributed by atoms with Gasteiger partial charge in [0.15, 0.2) is 0 Å². The van der Waals surface area contributed by atoms with Crippen molar-refractivity contribution in [3.8, 4) is 11.5 Å². The quantitative estimate of drug-likeness (QED) is 0.557. The van der Waals surface area contributed by atoms with Gasteiger partial charge in [0, 0.05) is 18.7 Å². The lowest BCUT2D eigenvalue weighted by molar-refractivity contribution is -0.138. The summed E-state index contributed by atoms with van der Waals surface area (Å²) in [7, 11) is 1.60. The first kappa shape index (κ1) is 22.9. The zero-order valence-electron chi connectivity index (χ0n) is 19.7. The van der Waals surface area contributed by atoms with Crippen molar-refractivity contribution < 1.29 is 19.1 Å². The Labute approximate surface area is 195 Å². The summed E-state index contributed by atoms with van der Waals surface area (Å²) in [4.78, 5) is 30.8. The highest BCUT2D eigenvalue weighted by Crippen LogP contribution is 2.36.